The van der Waals surface area contributed by atoms with Crippen molar-refractivity contribution in [3.05, 3.63) is 58.7 Å². The Balaban J connectivity index is 2.35. The maximum absolute atomic E-state index is 12.9. The van der Waals surface area contributed by atoms with Crippen LogP contribution in [0.3, 0.4) is 0 Å². The zero-order valence-corrected chi connectivity index (χ0v) is 11.9. The van der Waals surface area contributed by atoms with Gasteiger partial charge in [-0.15, -0.1) is 0 Å². The molecule has 0 aliphatic rings. The molecule has 110 valence electrons. The Morgan fingerprint density at radius 3 is 2.62 bits per heavy atom. The molecule has 5 heteroatoms. The molecule has 21 heavy (non-hydrogen) atoms. The van der Waals surface area contributed by atoms with Gasteiger partial charge in [-0.05, 0) is 37.6 Å². The van der Waals surface area contributed by atoms with Gasteiger partial charge in [-0.2, -0.15) is 0 Å². The van der Waals surface area contributed by atoms with Crippen molar-refractivity contribution < 1.29 is 19.0 Å². The number of carbonyl (C=O) groups is 1. The number of aromatic hydroxyl groups is 1. The van der Waals surface area contributed by atoms with Crippen molar-refractivity contribution in [1.82, 2.24) is 4.98 Å². The first kappa shape index (κ1) is 15.0. The number of aryl methyl sites for hydroxylation is 1. The van der Waals surface area contributed by atoms with Gasteiger partial charge in [-0.25, -0.2) is 14.2 Å². The quantitative estimate of drug-likeness (QED) is 0.879. The Hall–Kier alpha value is -2.43. The lowest BCUT2D eigenvalue weighted by atomic mass is 10.0. The number of rotatable bonds is 4. The van der Waals surface area contributed by atoms with Crippen molar-refractivity contribution in [1.29, 1.82) is 0 Å². The fourth-order valence-electron chi connectivity index (χ4n) is 2.03. The van der Waals surface area contributed by atoms with Gasteiger partial charge >= 0.3 is 5.97 Å². The van der Waals surface area contributed by atoms with E-state index in [1.807, 2.05) is 0 Å². The fourth-order valence-corrected chi connectivity index (χ4v) is 2.03. The number of nitrogens with zero attached hydrogens (tertiary/aromatic N) is 1. The molecule has 0 saturated carbocycles. The van der Waals surface area contributed by atoms with Gasteiger partial charge in [0.2, 0.25) is 0 Å². The molecule has 1 N–H and O–H groups in total. The van der Waals surface area contributed by atoms with Gasteiger partial charge in [-0.3, -0.25) is 0 Å². The van der Waals surface area contributed by atoms with Crippen LogP contribution in [0.15, 0.2) is 30.3 Å². The summed E-state index contributed by atoms with van der Waals surface area (Å²) in [5.41, 5.74) is 1.89. The van der Waals surface area contributed by atoms with Crippen LogP contribution in [0.4, 0.5) is 4.39 Å². The van der Waals surface area contributed by atoms with Gasteiger partial charge in [-0.1, -0.05) is 12.1 Å². The highest BCUT2D eigenvalue weighted by molar-refractivity contribution is 5.90. The molecule has 0 aliphatic carbocycles. The average molecular weight is 289 g/mol. The Morgan fingerprint density at radius 2 is 2.00 bits per heavy atom. The van der Waals surface area contributed by atoms with Crippen LogP contribution in [0.5, 0.6) is 5.75 Å². The number of hydrogen-bond acceptors (Lipinski definition) is 4. The van der Waals surface area contributed by atoms with Crippen LogP contribution in [0.2, 0.25) is 0 Å². The molecule has 0 atom stereocenters. The van der Waals surface area contributed by atoms with E-state index in [1.165, 1.54) is 12.1 Å². The minimum absolute atomic E-state index is 0.0889. The Kier molecular flexibility index (Phi) is 4.52. The molecule has 4 nitrogen and oxygen atoms in total. The number of halogens is 1. The molecule has 2 rings (SSSR count). The summed E-state index contributed by atoms with van der Waals surface area (Å²) in [6.07, 6.45) is 0.377. The summed E-state index contributed by atoms with van der Waals surface area (Å²) >= 11 is 0. The number of pyridine rings is 1. The van der Waals surface area contributed by atoms with Crippen molar-refractivity contribution >= 4 is 5.97 Å². The molecule has 0 radical (unpaired) electrons. The number of carbonyl (C=O) groups excluding carboxylic acids is 1. The SMILES string of the molecule is CCOC(=O)c1nc(C)cc(Cc2ccc(F)cc2)c1O. The van der Waals surface area contributed by atoms with E-state index in [0.29, 0.717) is 17.7 Å². The highest BCUT2D eigenvalue weighted by Gasteiger charge is 2.18. The van der Waals surface area contributed by atoms with E-state index >= 15 is 0 Å². The predicted molar refractivity (Wildman–Crippen MR) is 75.8 cm³/mol. The molecule has 1 aromatic heterocycles. The molecule has 0 amide bonds. The molecular weight excluding hydrogens is 273 g/mol. The third kappa shape index (κ3) is 3.56. The van der Waals surface area contributed by atoms with Gasteiger partial charge in [0.1, 0.15) is 5.82 Å². The maximum atomic E-state index is 12.9. The lowest BCUT2D eigenvalue weighted by molar-refractivity contribution is 0.0515. The largest absolute Gasteiger partial charge is 0.505 e. The average Bonchev–Trinajstić information content (AvgIpc) is 2.45. The molecule has 0 spiro atoms. The van der Waals surface area contributed by atoms with Crippen LogP contribution in [0.1, 0.15) is 34.2 Å². The van der Waals surface area contributed by atoms with Gasteiger partial charge < -0.3 is 9.84 Å². The normalized spacial score (nSPS) is 10.4. The van der Waals surface area contributed by atoms with Gasteiger partial charge in [0.15, 0.2) is 11.4 Å². The van der Waals surface area contributed by atoms with E-state index in [1.54, 1.807) is 32.0 Å². The molecule has 0 bridgehead atoms. The predicted octanol–water partition coefficient (Wildman–Crippen LogP) is 3.00. The lowest BCUT2D eigenvalue weighted by Crippen LogP contribution is -2.09. The lowest BCUT2D eigenvalue weighted by Gasteiger charge is -2.10. The topological polar surface area (TPSA) is 59.4 Å². The summed E-state index contributed by atoms with van der Waals surface area (Å²) in [4.78, 5) is 15.8. The van der Waals surface area contributed by atoms with Crippen LogP contribution < -0.4 is 0 Å². The van der Waals surface area contributed by atoms with Crippen molar-refractivity contribution in [2.45, 2.75) is 20.3 Å². The Bertz CT molecular complexity index is 653. The minimum atomic E-state index is -0.654. The minimum Gasteiger partial charge on any atom is -0.505 e. The number of ether oxygens (including phenoxy) is 1. The van der Waals surface area contributed by atoms with Crippen LogP contribution in [-0.4, -0.2) is 22.7 Å². The second kappa shape index (κ2) is 6.35. The molecule has 1 aromatic carbocycles. The molecule has 0 aliphatic heterocycles. The van der Waals surface area contributed by atoms with E-state index in [4.69, 9.17) is 4.74 Å². The van der Waals surface area contributed by atoms with Crippen LogP contribution in [0, 0.1) is 12.7 Å². The standard InChI is InChI=1S/C16H16FNO3/c1-3-21-16(20)14-15(19)12(8-10(2)18-14)9-11-4-6-13(17)7-5-11/h4-8,19H,3,9H2,1-2H3. The Labute approximate surface area is 122 Å². The molecular formula is C16H16FNO3. The van der Waals surface area contributed by atoms with Crippen molar-refractivity contribution in [2.24, 2.45) is 0 Å². The molecule has 2 aromatic rings. The smallest absolute Gasteiger partial charge is 0.360 e. The van der Waals surface area contributed by atoms with E-state index in [2.05, 4.69) is 4.98 Å². The van der Waals surface area contributed by atoms with Gasteiger partial charge in [0, 0.05) is 17.7 Å². The van der Waals surface area contributed by atoms with Crippen LogP contribution in [-0.2, 0) is 11.2 Å². The van der Waals surface area contributed by atoms with Crippen LogP contribution >= 0.6 is 0 Å². The highest BCUT2D eigenvalue weighted by atomic mass is 19.1. The molecule has 0 unspecified atom stereocenters. The highest BCUT2D eigenvalue weighted by Crippen LogP contribution is 2.25. The van der Waals surface area contributed by atoms with Crippen molar-refractivity contribution in [2.75, 3.05) is 6.61 Å². The zero-order chi connectivity index (χ0) is 15.4. The number of hydrogen-bond donors (Lipinski definition) is 1. The van der Waals surface area contributed by atoms with E-state index in [9.17, 15) is 14.3 Å². The number of benzene rings is 1. The molecule has 1 heterocycles. The number of aromatic nitrogens is 1. The maximum Gasteiger partial charge on any atom is 0.360 e. The second-order valence-electron chi connectivity index (χ2n) is 4.64. The summed E-state index contributed by atoms with van der Waals surface area (Å²) < 4.78 is 17.8. The summed E-state index contributed by atoms with van der Waals surface area (Å²) in [5, 5.41) is 10.2. The van der Waals surface area contributed by atoms with Gasteiger partial charge in [0.25, 0.3) is 0 Å². The van der Waals surface area contributed by atoms with E-state index < -0.39 is 5.97 Å². The first-order valence-electron chi connectivity index (χ1n) is 6.62. The monoisotopic (exact) mass is 289 g/mol. The number of esters is 1. The van der Waals surface area contributed by atoms with Crippen molar-refractivity contribution in [3.8, 4) is 5.75 Å². The van der Waals surface area contributed by atoms with Crippen molar-refractivity contribution in [3.63, 3.8) is 0 Å². The summed E-state index contributed by atoms with van der Waals surface area (Å²) in [6, 6.07) is 7.67. The summed E-state index contributed by atoms with van der Waals surface area (Å²) in [6.45, 7) is 3.63. The summed E-state index contributed by atoms with van der Waals surface area (Å²) in [5.74, 6) is -1.16. The summed E-state index contributed by atoms with van der Waals surface area (Å²) in [7, 11) is 0. The van der Waals surface area contributed by atoms with E-state index in [-0.39, 0.29) is 23.9 Å². The Morgan fingerprint density at radius 1 is 1.33 bits per heavy atom. The molecule has 0 saturated heterocycles. The first-order valence-corrected chi connectivity index (χ1v) is 6.62. The van der Waals surface area contributed by atoms with Crippen LogP contribution in [0.25, 0.3) is 0 Å². The fraction of sp³-hybridized carbons (Fsp3) is 0.250. The van der Waals surface area contributed by atoms with Gasteiger partial charge in [0.05, 0.1) is 6.61 Å². The van der Waals surface area contributed by atoms with E-state index in [0.717, 1.165) is 5.56 Å². The second-order valence-corrected chi connectivity index (χ2v) is 4.64. The third-order valence-electron chi connectivity index (χ3n) is 2.98. The first-order chi connectivity index (χ1) is 10.0. The molecule has 0 fully saturated rings. The third-order valence-corrected chi connectivity index (χ3v) is 2.98. The zero-order valence-electron chi connectivity index (χ0n) is 11.9.